The Kier molecular flexibility index (Phi) is 5.05. The third-order valence-electron chi connectivity index (χ3n) is 2.94. The van der Waals surface area contributed by atoms with Crippen LogP contribution < -0.4 is 9.47 Å². The Morgan fingerprint density at radius 3 is 2.00 bits per heavy atom. The molecule has 5 heteroatoms. The van der Waals surface area contributed by atoms with E-state index >= 15 is 0 Å². The van der Waals surface area contributed by atoms with Crippen LogP contribution >= 0.6 is 31.9 Å². The van der Waals surface area contributed by atoms with E-state index in [4.69, 9.17) is 9.47 Å². The van der Waals surface area contributed by atoms with Gasteiger partial charge in [-0.05, 0) is 51.3 Å². The van der Waals surface area contributed by atoms with E-state index in [1.165, 1.54) is 13.2 Å². The molecule has 0 saturated carbocycles. The molecule has 0 radical (unpaired) electrons. The molecule has 0 aromatic heterocycles. The zero-order chi connectivity index (χ0) is 14.7. The normalized spacial score (nSPS) is 12.1. The van der Waals surface area contributed by atoms with Crippen LogP contribution in [0.3, 0.4) is 0 Å². The molecule has 2 aromatic rings. The van der Waals surface area contributed by atoms with Crippen molar-refractivity contribution in [3.63, 3.8) is 0 Å². The second-order valence-corrected chi connectivity index (χ2v) is 5.92. The fourth-order valence-electron chi connectivity index (χ4n) is 1.87. The molecule has 0 bridgehead atoms. The fraction of sp³-hybridized carbons (Fsp3) is 0.200. The number of alkyl halides is 1. The molecule has 0 N–H and O–H groups in total. The molecule has 0 spiro atoms. The van der Waals surface area contributed by atoms with E-state index in [9.17, 15) is 4.39 Å². The van der Waals surface area contributed by atoms with Crippen molar-refractivity contribution >= 4 is 31.9 Å². The van der Waals surface area contributed by atoms with Gasteiger partial charge in [0.25, 0.3) is 0 Å². The van der Waals surface area contributed by atoms with Crippen LogP contribution in [0.1, 0.15) is 16.0 Å². The van der Waals surface area contributed by atoms with Gasteiger partial charge in [0.05, 0.1) is 23.5 Å². The smallest absolute Gasteiger partial charge is 0.165 e. The Morgan fingerprint density at radius 1 is 0.950 bits per heavy atom. The van der Waals surface area contributed by atoms with Gasteiger partial charge in [0.1, 0.15) is 5.75 Å². The van der Waals surface area contributed by atoms with Gasteiger partial charge in [0.15, 0.2) is 11.6 Å². The number of halogens is 3. The summed E-state index contributed by atoms with van der Waals surface area (Å²) in [6.07, 6.45) is 0. The topological polar surface area (TPSA) is 18.5 Å². The maximum atomic E-state index is 13.7. The van der Waals surface area contributed by atoms with Crippen molar-refractivity contribution in [3.8, 4) is 11.5 Å². The van der Waals surface area contributed by atoms with Crippen molar-refractivity contribution in [1.82, 2.24) is 0 Å². The molecule has 0 fully saturated rings. The van der Waals surface area contributed by atoms with Crippen molar-refractivity contribution in [3.05, 3.63) is 57.8 Å². The standard InChI is InChI=1S/C15H13Br2FO2/c1-19-13-5-3-9(7-11(13)16)15(17)10-4-6-14(20-2)12(18)8-10/h3-8,15H,1-2H3. The number of ether oxygens (including phenoxy) is 2. The first-order valence-electron chi connectivity index (χ1n) is 5.87. The van der Waals surface area contributed by atoms with Crippen LogP contribution in [0.2, 0.25) is 0 Å². The zero-order valence-corrected chi connectivity index (χ0v) is 14.2. The maximum absolute atomic E-state index is 13.7. The lowest BCUT2D eigenvalue weighted by Crippen LogP contribution is -1.96. The average Bonchev–Trinajstić information content (AvgIpc) is 2.46. The van der Waals surface area contributed by atoms with Gasteiger partial charge in [0, 0.05) is 0 Å². The number of benzene rings is 2. The van der Waals surface area contributed by atoms with E-state index in [0.717, 1.165) is 21.3 Å². The summed E-state index contributed by atoms with van der Waals surface area (Å²) >= 11 is 7.03. The highest BCUT2D eigenvalue weighted by molar-refractivity contribution is 9.10. The monoisotopic (exact) mass is 402 g/mol. The van der Waals surface area contributed by atoms with Gasteiger partial charge >= 0.3 is 0 Å². The van der Waals surface area contributed by atoms with E-state index < -0.39 is 0 Å². The summed E-state index contributed by atoms with van der Waals surface area (Å²) in [5, 5.41) is 0. The summed E-state index contributed by atoms with van der Waals surface area (Å²) in [5.41, 5.74) is 1.82. The first-order valence-corrected chi connectivity index (χ1v) is 7.58. The molecule has 0 aliphatic rings. The summed E-state index contributed by atoms with van der Waals surface area (Å²) in [4.78, 5) is -0.106. The molecule has 0 aliphatic carbocycles. The molecule has 1 atom stereocenters. The Balaban J connectivity index is 2.33. The molecule has 2 rings (SSSR count). The van der Waals surface area contributed by atoms with E-state index in [2.05, 4.69) is 31.9 Å². The van der Waals surface area contributed by atoms with Crippen LogP contribution in [-0.2, 0) is 0 Å². The van der Waals surface area contributed by atoms with Gasteiger partial charge in [-0.15, -0.1) is 0 Å². The summed E-state index contributed by atoms with van der Waals surface area (Å²) in [6.45, 7) is 0. The lowest BCUT2D eigenvalue weighted by Gasteiger charge is -2.13. The van der Waals surface area contributed by atoms with Gasteiger partial charge in [-0.1, -0.05) is 28.1 Å². The summed E-state index contributed by atoms with van der Waals surface area (Å²) in [5.74, 6) is 0.626. The number of hydrogen-bond donors (Lipinski definition) is 0. The fourth-order valence-corrected chi connectivity index (χ4v) is 3.00. The molecule has 0 amide bonds. The molecule has 0 saturated heterocycles. The van der Waals surface area contributed by atoms with Gasteiger partial charge in [-0.2, -0.15) is 0 Å². The first kappa shape index (κ1) is 15.3. The SMILES string of the molecule is COc1ccc(C(Br)c2ccc(OC)c(Br)c2)cc1F. The van der Waals surface area contributed by atoms with E-state index in [0.29, 0.717) is 0 Å². The molecule has 0 heterocycles. The minimum absolute atomic E-state index is 0.106. The van der Waals surface area contributed by atoms with Crippen molar-refractivity contribution in [2.45, 2.75) is 4.83 Å². The van der Waals surface area contributed by atoms with Crippen LogP contribution in [0.5, 0.6) is 11.5 Å². The molecule has 0 aliphatic heterocycles. The lowest BCUT2D eigenvalue weighted by atomic mass is 10.0. The molecular formula is C15H13Br2FO2. The molecule has 106 valence electrons. The van der Waals surface area contributed by atoms with Gasteiger partial charge in [-0.25, -0.2) is 4.39 Å². The Bertz CT molecular complexity index is 563. The summed E-state index contributed by atoms with van der Waals surface area (Å²) in [7, 11) is 3.06. The van der Waals surface area contributed by atoms with Crippen LogP contribution in [0.15, 0.2) is 40.9 Å². The highest BCUT2D eigenvalue weighted by Crippen LogP contribution is 2.36. The van der Waals surface area contributed by atoms with Crippen LogP contribution in [0.25, 0.3) is 0 Å². The van der Waals surface area contributed by atoms with E-state index in [-0.39, 0.29) is 16.4 Å². The van der Waals surface area contributed by atoms with Crippen molar-refractivity contribution in [2.24, 2.45) is 0 Å². The second-order valence-electron chi connectivity index (χ2n) is 4.15. The highest BCUT2D eigenvalue weighted by Gasteiger charge is 2.14. The van der Waals surface area contributed by atoms with Crippen molar-refractivity contribution < 1.29 is 13.9 Å². The average molecular weight is 404 g/mol. The Hall–Kier alpha value is -1.07. The van der Waals surface area contributed by atoms with E-state index in [1.807, 2.05) is 24.3 Å². The number of rotatable bonds is 4. The summed E-state index contributed by atoms with van der Waals surface area (Å²) in [6, 6.07) is 10.7. The first-order chi connectivity index (χ1) is 9.56. The van der Waals surface area contributed by atoms with Gasteiger partial charge in [0.2, 0.25) is 0 Å². The van der Waals surface area contributed by atoms with Gasteiger partial charge in [-0.3, -0.25) is 0 Å². The Labute approximate surface area is 134 Å². The van der Waals surface area contributed by atoms with Crippen molar-refractivity contribution in [2.75, 3.05) is 14.2 Å². The maximum Gasteiger partial charge on any atom is 0.165 e. The van der Waals surface area contributed by atoms with Crippen LogP contribution in [0, 0.1) is 5.82 Å². The quantitative estimate of drug-likeness (QED) is 0.662. The third kappa shape index (κ3) is 3.15. The molecule has 1 unspecified atom stereocenters. The second kappa shape index (κ2) is 6.59. The molecule has 20 heavy (non-hydrogen) atoms. The predicted octanol–water partition coefficient (Wildman–Crippen LogP) is 5.09. The van der Waals surface area contributed by atoms with Gasteiger partial charge < -0.3 is 9.47 Å². The largest absolute Gasteiger partial charge is 0.496 e. The zero-order valence-electron chi connectivity index (χ0n) is 11.0. The minimum atomic E-state index is -0.373. The Morgan fingerprint density at radius 2 is 1.50 bits per heavy atom. The highest BCUT2D eigenvalue weighted by atomic mass is 79.9. The number of methoxy groups -OCH3 is 2. The molecule has 2 nitrogen and oxygen atoms in total. The van der Waals surface area contributed by atoms with Crippen molar-refractivity contribution in [1.29, 1.82) is 0 Å². The third-order valence-corrected chi connectivity index (χ3v) is 4.61. The minimum Gasteiger partial charge on any atom is -0.496 e. The lowest BCUT2D eigenvalue weighted by molar-refractivity contribution is 0.386. The number of hydrogen-bond acceptors (Lipinski definition) is 2. The molecular weight excluding hydrogens is 391 g/mol. The predicted molar refractivity (Wildman–Crippen MR) is 84.4 cm³/mol. The van der Waals surface area contributed by atoms with E-state index in [1.54, 1.807) is 13.2 Å². The summed E-state index contributed by atoms with van der Waals surface area (Å²) < 4.78 is 24.7. The molecule has 2 aromatic carbocycles. The van der Waals surface area contributed by atoms with Crippen LogP contribution in [0.4, 0.5) is 4.39 Å². The van der Waals surface area contributed by atoms with Crippen LogP contribution in [-0.4, -0.2) is 14.2 Å².